The third-order valence-corrected chi connectivity index (χ3v) is 1.78. The van der Waals surface area contributed by atoms with E-state index < -0.39 is 7.12 Å². The Morgan fingerprint density at radius 2 is 2.00 bits per heavy atom. The second kappa shape index (κ2) is 5.41. The van der Waals surface area contributed by atoms with E-state index in [-0.39, 0.29) is 0 Å². The summed E-state index contributed by atoms with van der Waals surface area (Å²) in [6, 6.07) is 6.97. The van der Waals surface area contributed by atoms with E-state index in [1.165, 1.54) is 7.11 Å². The summed E-state index contributed by atoms with van der Waals surface area (Å²) in [6.07, 6.45) is 2.31. The van der Waals surface area contributed by atoms with Gasteiger partial charge in [-0.25, -0.2) is 0 Å². The van der Waals surface area contributed by atoms with Gasteiger partial charge in [0.15, 0.2) is 0 Å². The molecule has 1 rings (SSSR count). The van der Waals surface area contributed by atoms with Gasteiger partial charge in [0.25, 0.3) is 0 Å². The van der Waals surface area contributed by atoms with Crippen LogP contribution in [0, 0.1) is 0 Å². The number of oxime groups is 1. The van der Waals surface area contributed by atoms with Gasteiger partial charge in [0.1, 0.15) is 7.11 Å². The molecule has 0 radical (unpaired) electrons. The Hall–Kier alpha value is -1.33. The van der Waals surface area contributed by atoms with Crippen molar-refractivity contribution in [2.75, 3.05) is 7.11 Å². The van der Waals surface area contributed by atoms with E-state index in [0.29, 0.717) is 11.9 Å². The molecule has 0 unspecified atom stereocenters. The van der Waals surface area contributed by atoms with Gasteiger partial charge in [-0.3, -0.25) is 0 Å². The molecule has 14 heavy (non-hydrogen) atoms. The van der Waals surface area contributed by atoms with Crippen molar-refractivity contribution in [3.8, 4) is 0 Å². The molecule has 0 aliphatic heterocycles. The number of benzene rings is 1. The van der Waals surface area contributed by atoms with Crippen LogP contribution < -0.4 is 5.46 Å². The molecule has 0 atom stereocenters. The Labute approximate surface area is 83.0 Å². The third kappa shape index (κ3) is 3.20. The zero-order chi connectivity index (χ0) is 10.4. The number of hydrogen-bond donors (Lipinski definition) is 2. The molecule has 0 aromatic heterocycles. The molecule has 0 bridgehead atoms. The van der Waals surface area contributed by atoms with Crippen molar-refractivity contribution in [3.05, 3.63) is 29.8 Å². The molecule has 0 saturated heterocycles. The van der Waals surface area contributed by atoms with E-state index in [2.05, 4.69) is 9.99 Å². The lowest BCUT2D eigenvalue weighted by Crippen LogP contribution is -2.29. The van der Waals surface area contributed by atoms with Crippen molar-refractivity contribution in [3.63, 3.8) is 0 Å². The van der Waals surface area contributed by atoms with E-state index in [0.717, 1.165) is 5.56 Å². The van der Waals surface area contributed by atoms with Crippen LogP contribution in [0.5, 0.6) is 0 Å². The van der Waals surface area contributed by atoms with E-state index >= 15 is 0 Å². The fourth-order valence-corrected chi connectivity index (χ4v) is 1.04. The molecule has 1 aromatic rings. The molecule has 1 aromatic carbocycles. The first kappa shape index (κ1) is 10.8. The van der Waals surface area contributed by atoms with Crippen molar-refractivity contribution >= 4 is 18.8 Å². The van der Waals surface area contributed by atoms with Crippen molar-refractivity contribution in [2.45, 2.75) is 6.42 Å². The Morgan fingerprint density at radius 3 is 2.50 bits per heavy atom. The summed E-state index contributed by atoms with van der Waals surface area (Å²) >= 11 is 0. The lowest BCUT2D eigenvalue weighted by Gasteiger charge is -2.00. The maximum Gasteiger partial charge on any atom is 0.488 e. The van der Waals surface area contributed by atoms with Gasteiger partial charge in [-0.1, -0.05) is 29.4 Å². The average Bonchev–Trinajstić information content (AvgIpc) is 2.19. The molecule has 0 aliphatic rings. The first-order valence-corrected chi connectivity index (χ1v) is 4.24. The van der Waals surface area contributed by atoms with Crippen molar-refractivity contribution in [1.82, 2.24) is 0 Å². The molecule has 0 fully saturated rings. The normalized spacial score (nSPS) is 10.5. The van der Waals surface area contributed by atoms with Gasteiger partial charge in [-0.2, -0.15) is 0 Å². The Bertz CT molecular complexity index is 297. The fourth-order valence-electron chi connectivity index (χ4n) is 1.04. The van der Waals surface area contributed by atoms with Gasteiger partial charge in [-0.15, -0.1) is 0 Å². The predicted octanol–water partition coefficient (Wildman–Crippen LogP) is -0.459. The van der Waals surface area contributed by atoms with Crippen LogP contribution in [-0.2, 0) is 11.3 Å². The molecule has 5 heteroatoms. The minimum absolute atomic E-state index is 0.484. The van der Waals surface area contributed by atoms with E-state index in [1.54, 1.807) is 18.3 Å². The van der Waals surface area contributed by atoms with Crippen molar-refractivity contribution in [1.29, 1.82) is 0 Å². The zero-order valence-corrected chi connectivity index (χ0v) is 7.92. The van der Waals surface area contributed by atoms with E-state index in [4.69, 9.17) is 10.0 Å². The highest BCUT2D eigenvalue weighted by Crippen LogP contribution is 1.97. The number of hydrogen-bond acceptors (Lipinski definition) is 4. The smallest absolute Gasteiger partial charge is 0.423 e. The lowest BCUT2D eigenvalue weighted by molar-refractivity contribution is 0.215. The minimum Gasteiger partial charge on any atom is -0.423 e. The largest absolute Gasteiger partial charge is 0.488 e. The average molecular weight is 193 g/mol. The molecule has 74 valence electrons. The van der Waals surface area contributed by atoms with Gasteiger partial charge in [-0.05, 0) is 11.0 Å². The van der Waals surface area contributed by atoms with Gasteiger partial charge in [0.2, 0.25) is 0 Å². The second-order valence-corrected chi connectivity index (χ2v) is 2.79. The summed E-state index contributed by atoms with van der Waals surface area (Å²) in [5, 5.41) is 21.3. The quantitative estimate of drug-likeness (QED) is 0.386. The standard InChI is InChI=1S/C9H12BNO3/c1-14-11-7-6-8-2-4-9(5-3-8)10(12)13/h2-5,7,12-13H,6H2,1H3. The summed E-state index contributed by atoms with van der Waals surface area (Å²) in [5.41, 5.74) is 1.52. The van der Waals surface area contributed by atoms with Crippen LogP contribution in [0.1, 0.15) is 5.56 Å². The number of rotatable bonds is 4. The molecular formula is C9H12BNO3. The van der Waals surface area contributed by atoms with Crippen LogP contribution >= 0.6 is 0 Å². The highest BCUT2D eigenvalue weighted by Gasteiger charge is 2.08. The summed E-state index contributed by atoms with van der Waals surface area (Å²) in [5.74, 6) is 0. The summed E-state index contributed by atoms with van der Waals surface area (Å²) in [4.78, 5) is 4.51. The highest BCUT2D eigenvalue weighted by molar-refractivity contribution is 6.58. The van der Waals surface area contributed by atoms with Crippen molar-refractivity contribution < 1.29 is 14.9 Å². The minimum atomic E-state index is -1.41. The third-order valence-electron chi connectivity index (χ3n) is 1.78. The zero-order valence-electron chi connectivity index (χ0n) is 7.92. The van der Waals surface area contributed by atoms with Crippen LogP contribution in [0.3, 0.4) is 0 Å². The predicted molar refractivity (Wildman–Crippen MR) is 55.5 cm³/mol. The first-order chi connectivity index (χ1) is 6.74. The SMILES string of the molecule is CON=CCc1ccc(B(O)O)cc1. The molecular weight excluding hydrogens is 181 g/mol. The summed E-state index contributed by atoms with van der Waals surface area (Å²) in [6.45, 7) is 0. The number of nitrogens with zero attached hydrogens (tertiary/aromatic N) is 1. The van der Waals surface area contributed by atoms with E-state index in [1.807, 2.05) is 12.1 Å². The molecule has 0 heterocycles. The summed E-state index contributed by atoms with van der Waals surface area (Å²) in [7, 11) is 0.0820. The molecule has 0 aliphatic carbocycles. The fraction of sp³-hybridized carbons (Fsp3) is 0.222. The lowest BCUT2D eigenvalue weighted by atomic mass is 9.80. The first-order valence-electron chi connectivity index (χ1n) is 4.24. The monoisotopic (exact) mass is 193 g/mol. The van der Waals surface area contributed by atoms with Crippen LogP contribution in [0.4, 0.5) is 0 Å². The van der Waals surface area contributed by atoms with Gasteiger partial charge in [0.05, 0.1) is 0 Å². The topological polar surface area (TPSA) is 62.0 Å². The van der Waals surface area contributed by atoms with Crippen LogP contribution in [0.15, 0.2) is 29.4 Å². The molecule has 0 spiro atoms. The maximum atomic E-state index is 8.84. The summed E-state index contributed by atoms with van der Waals surface area (Å²) < 4.78 is 0. The Morgan fingerprint density at radius 1 is 1.36 bits per heavy atom. The maximum absolute atomic E-state index is 8.84. The molecule has 0 saturated carbocycles. The second-order valence-electron chi connectivity index (χ2n) is 2.79. The Balaban J connectivity index is 2.59. The van der Waals surface area contributed by atoms with Crippen LogP contribution in [-0.4, -0.2) is 30.5 Å². The van der Waals surface area contributed by atoms with Crippen LogP contribution in [0.25, 0.3) is 0 Å². The van der Waals surface area contributed by atoms with Gasteiger partial charge < -0.3 is 14.9 Å². The molecule has 2 N–H and O–H groups in total. The molecule has 4 nitrogen and oxygen atoms in total. The van der Waals surface area contributed by atoms with E-state index in [9.17, 15) is 0 Å². The van der Waals surface area contributed by atoms with Gasteiger partial charge >= 0.3 is 7.12 Å². The van der Waals surface area contributed by atoms with Crippen LogP contribution in [0.2, 0.25) is 0 Å². The Kier molecular flexibility index (Phi) is 4.16. The molecule has 0 amide bonds. The highest BCUT2D eigenvalue weighted by atomic mass is 16.6. The van der Waals surface area contributed by atoms with Gasteiger partial charge in [0, 0.05) is 12.6 Å². The van der Waals surface area contributed by atoms with Crippen molar-refractivity contribution in [2.24, 2.45) is 5.16 Å².